The van der Waals surface area contributed by atoms with Crippen LogP contribution in [0.4, 0.5) is 0 Å². The van der Waals surface area contributed by atoms with Gasteiger partial charge in [0.2, 0.25) is 0 Å². The molecule has 2 heterocycles. The van der Waals surface area contributed by atoms with E-state index >= 15 is 0 Å². The van der Waals surface area contributed by atoms with Gasteiger partial charge in [-0.15, -0.1) is 0 Å². The van der Waals surface area contributed by atoms with Gasteiger partial charge >= 0.3 is 5.97 Å². The molecule has 1 saturated heterocycles. The van der Waals surface area contributed by atoms with Gasteiger partial charge in [0, 0.05) is 18.7 Å². The molecule has 4 rings (SSSR count). The highest BCUT2D eigenvalue weighted by atomic mass is 16.5. The van der Waals surface area contributed by atoms with Crippen LogP contribution in [0.2, 0.25) is 0 Å². The Morgan fingerprint density at radius 2 is 2.07 bits per heavy atom. The quantitative estimate of drug-likeness (QED) is 0.650. The van der Waals surface area contributed by atoms with Crippen LogP contribution < -0.4 is 0 Å². The molecule has 1 aromatic heterocycles. The van der Waals surface area contributed by atoms with Gasteiger partial charge in [-0.1, -0.05) is 37.3 Å². The van der Waals surface area contributed by atoms with Gasteiger partial charge in [-0.2, -0.15) is 5.10 Å². The third-order valence-corrected chi connectivity index (χ3v) is 5.78. The molecule has 1 aliphatic heterocycles. The lowest BCUT2D eigenvalue weighted by molar-refractivity contribution is -0.152. The number of rotatable bonds is 4. The van der Waals surface area contributed by atoms with Crippen molar-refractivity contribution in [3.05, 3.63) is 48.3 Å². The number of amides is 1. The molecule has 1 fully saturated rings. The van der Waals surface area contributed by atoms with E-state index in [1.807, 2.05) is 43.0 Å². The fourth-order valence-corrected chi connectivity index (χ4v) is 4.44. The predicted molar refractivity (Wildman–Crippen MR) is 103 cm³/mol. The minimum absolute atomic E-state index is 0.0509. The van der Waals surface area contributed by atoms with Crippen molar-refractivity contribution < 1.29 is 14.3 Å². The van der Waals surface area contributed by atoms with Crippen molar-refractivity contribution in [1.82, 2.24) is 20.1 Å². The van der Waals surface area contributed by atoms with Crippen LogP contribution in [0.15, 0.2) is 42.7 Å². The zero-order valence-electron chi connectivity index (χ0n) is 16.0. The number of benzene rings is 1. The highest BCUT2D eigenvalue weighted by Crippen LogP contribution is 2.40. The third-order valence-electron chi connectivity index (χ3n) is 5.78. The van der Waals surface area contributed by atoms with Gasteiger partial charge < -0.3 is 9.64 Å². The van der Waals surface area contributed by atoms with Crippen molar-refractivity contribution in [2.75, 3.05) is 19.7 Å². The third kappa shape index (κ3) is 3.21. The van der Waals surface area contributed by atoms with Crippen LogP contribution >= 0.6 is 0 Å². The summed E-state index contributed by atoms with van der Waals surface area (Å²) in [6.45, 7) is 5.39. The maximum Gasteiger partial charge on any atom is 0.309 e. The summed E-state index contributed by atoms with van der Waals surface area (Å²) in [5.74, 6) is 0.510. The average Bonchev–Trinajstić information content (AvgIpc) is 3.37. The average molecular weight is 380 g/mol. The molecule has 0 spiro atoms. The fourth-order valence-electron chi connectivity index (χ4n) is 4.44. The number of aromatic nitrogens is 3. The fraction of sp³-hybridized carbons (Fsp3) is 0.429. The van der Waals surface area contributed by atoms with Crippen LogP contribution in [0.5, 0.6) is 0 Å². The Labute approximate surface area is 163 Å². The van der Waals surface area contributed by atoms with Gasteiger partial charge in [0.05, 0.1) is 18.1 Å². The number of ether oxygens (including phenoxy) is 1. The topological polar surface area (TPSA) is 88.2 Å². The molecule has 0 bridgehead atoms. The van der Waals surface area contributed by atoms with Crippen LogP contribution in [-0.2, 0) is 9.53 Å². The van der Waals surface area contributed by atoms with Gasteiger partial charge in [-0.25, -0.2) is 4.98 Å². The van der Waals surface area contributed by atoms with Crippen molar-refractivity contribution in [3.8, 4) is 11.4 Å². The minimum Gasteiger partial charge on any atom is -0.466 e. The Morgan fingerprint density at radius 1 is 1.25 bits per heavy atom. The van der Waals surface area contributed by atoms with Gasteiger partial charge in [-0.05, 0) is 30.7 Å². The van der Waals surface area contributed by atoms with Crippen molar-refractivity contribution in [2.45, 2.75) is 13.8 Å². The Kier molecular flexibility index (Phi) is 4.98. The van der Waals surface area contributed by atoms with Crippen molar-refractivity contribution in [2.24, 2.45) is 23.7 Å². The lowest BCUT2D eigenvalue weighted by Crippen LogP contribution is -2.37. The number of H-pyrrole nitrogens is 1. The van der Waals surface area contributed by atoms with Crippen LogP contribution in [0.25, 0.3) is 11.4 Å². The van der Waals surface area contributed by atoms with Crippen molar-refractivity contribution in [3.63, 3.8) is 0 Å². The van der Waals surface area contributed by atoms with E-state index in [-0.39, 0.29) is 35.5 Å². The summed E-state index contributed by atoms with van der Waals surface area (Å²) in [5.41, 5.74) is 1.31. The lowest BCUT2D eigenvalue weighted by atomic mass is 9.72. The maximum atomic E-state index is 13.3. The normalized spacial score (nSPS) is 26.1. The Balaban J connectivity index is 1.59. The molecule has 7 heteroatoms. The second-order valence-electron chi connectivity index (χ2n) is 7.44. The highest BCUT2D eigenvalue weighted by Gasteiger charge is 2.46. The summed E-state index contributed by atoms with van der Waals surface area (Å²) >= 11 is 0. The van der Waals surface area contributed by atoms with Crippen molar-refractivity contribution in [1.29, 1.82) is 0 Å². The van der Waals surface area contributed by atoms with Gasteiger partial charge in [0.25, 0.3) is 5.91 Å². The molecule has 1 aliphatic carbocycles. The van der Waals surface area contributed by atoms with E-state index in [1.54, 1.807) is 0 Å². The highest BCUT2D eigenvalue weighted by molar-refractivity contribution is 6.00. The molecule has 0 unspecified atom stereocenters. The number of esters is 1. The maximum absolute atomic E-state index is 13.3. The van der Waals surface area contributed by atoms with E-state index in [9.17, 15) is 9.59 Å². The number of hydrogen-bond donors (Lipinski definition) is 1. The number of likely N-dealkylation sites (tertiary alicyclic amines) is 1. The molecular formula is C21H24N4O3. The van der Waals surface area contributed by atoms with Gasteiger partial charge in [-0.3, -0.25) is 14.7 Å². The first kappa shape index (κ1) is 18.4. The van der Waals surface area contributed by atoms with E-state index in [0.717, 1.165) is 5.56 Å². The van der Waals surface area contributed by atoms with E-state index < -0.39 is 0 Å². The molecule has 7 nitrogen and oxygen atoms in total. The molecule has 2 aliphatic rings. The first-order chi connectivity index (χ1) is 13.6. The summed E-state index contributed by atoms with van der Waals surface area (Å²) in [6, 6.07) is 7.39. The zero-order chi connectivity index (χ0) is 19.7. The number of nitrogens with zero attached hydrogens (tertiary/aromatic N) is 3. The number of nitrogens with one attached hydrogen (secondary N) is 1. The molecular weight excluding hydrogens is 356 g/mol. The summed E-state index contributed by atoms with van der Waals surface area (Å²) in [4.78, 5) is 31.9. The predicted octanol–water partition coefficient (Wildman–Crippen LogP) is 2.55. The zero-order valence-corrected chi connectivity index (χ0v) is 16.0. The summed E-state index contributed by atoms with van der Waals surface area (Å²) in [7, 11) is 0. The summed E-state index contributed by atoms with van der Waals surface area (Å²) in [6.07, 6.45) is 5.66. The second kappa shape index (κ2) is 7.58. The summed E-state index contributed by atoms with van der Waals surface area (Å²) in [5, 5.41) is 6.72. The number of fused-ring (bicyclic) bond motifs is 1. The molecule has 28 heavy (non-hydrogen) atoms. The van der Waals surface area contributed by atoms with Crippen LogP contribution in [-0.4, -0.2) is 51.7 Å². The first-order valence-electron chi connectivity index (χ1n) is 9.69. The van der Waals surface area contributed by atoms with Crippen molar-refractivity contribution >= 4 is 11.9 Å². The number of allylic oxidation sites excluding steroid dienone is 1. The largest absolute Gasteiger partial charge is 0.466 e. The molecule has 2 aromatic rings. The first-order valence-corrected chi connectivity index (χ1v) is 9.69. The van der Waals surface area contributed by atoms with Crippen LogP contribution in [0.1, 0.15) is 24.2 Å². The molecule has 1 amide bonds. The lowest BCUT2D eigenvalue weighted by Gasteiger charge is -2.31. The Morgan fingerprint density at radius 3 is 2.82 bits per heavy atom. The molecule has 0 saturated carbocycles. The smallest absolute Gasteiger partial charge is 0.309 e. The second-order valence-corrected chi connectivity index (χ2v) is 7.44. The van der Waals surface area contributed by atoms with E-state index in [2.05, 4.69) is 27.3 Å². The molecule has 1 aromatic carbocycles. The SMILES string of the molecule is CCOC(=O)[C@H]1[C@@H]2CN(C(=O)c3ccccc3-c3ncn[nH]3)C[C@@H]2C=C[C@@H]1C. The molecule has 0 radical (unpaired) electrons. The monoisotopic (exact) mass is 380 g/mol. The molecule has 4 atom stereocenters. The number of aromatic amines is 1. The van der Waals surface area contributed by atoms with Crippen LogP contribution in [0, 0.1) is 23.7 Å². The molecule has 146 valence electrons. The Bertz CT molecular complexity index is 893. The number of carbonyl (C=O) groups excluding carboxylic acids is 2. The number of carbonyl (C=O) groups is 2. The number of hydrogen-bond acceptors (Lipinski definition) is 5. The van der Waals surface area contributed by atoms with Gasteiger partial charge in [0.1, 0.15) is 6.33 Å². The van der Waals surface area contributed by atoms with E-state index in [4.69, 9.17) is 4.74 Å². The standard InChI is InChI=1S/C21H24N4O3/c1-3-28-21(27)18-13(2)8-9-14-10-25(11-17(14)18)20(26)16-7-5-4-6-15(16)19-22-12-23-24-19/h4-9,12-14,17-18H,3,10-11H2,1-2H3,(H,22,23,24)/t13-,14-,17+,18+/m0/s1. The van der Waals surface area contributed by atoms with Crippen LogP contribution in [0.3, 0.4) is 0 Å². The molecule has 1 N–H and O–H groups in total. The Hall–Kier alpha value is -2.96. The minimum atomic E-state index is -0.211. The van der Waals surface area contributed by atoms with Gasteiger partial charge in [0.15, 0.2) is 5.82 Å². The van der Waals surface area contributed by atoms with E-state index in [0.29, 0.717) is 31.1 Å². The van der Waals surface area contributed by atoms with E-state index in [1.165, 1.54) is 6.33 Å². The summed E-state index contributed by atoms with van der Waals surface area (Å²) < 4.78 is 5.31.